The Labute approximate surface area is 128 Å². The molecule has 1 aromatic heterocycles. The Morgan fingerprint density at radius 2 is 2.19 bits per heavy atom. The lowest BCUT2D eigenvalue weighted by Gasteiger charge is -2.39. The van der Waals surface area contributed by atoms with Gasteiger partial charge in [-0.3, -0.25) is 4.90 Å². The molecule has 2 unspecified atom stereocenters. The van der Waals surface area contributed by atoms with Gasteiger partial charge in [-0.15, -0.1) is 0 Å². The van der Waals surface area contributed by atoms with Crippen molar-refractivity contribution in [2.45, 2.75) is 71.1 Å². The van der Waals surface area contributed by atoms with Crippen LogP contribution in [0.25, 0.3) is 0 Å². The first kappa shape index (κ1) is 15.0. The lowest BCUT2D eigenvalue weighted by Crippen LogP contribution is -2.50. The molecule has 2 aliphatic rings. The quantitative estimate of drug-likeness (QED) is 0.902. The van der Waals surface area contributed by atoms with E-state index in [9.17, 15) is 0 Å². The highest BCUT2D eigenvalue weighted by atomic mass is 15.4. The Bertz CT molecular complexity index is 436. The van der Waals surface area contributed by atoms with Crippen molar-refractivity contribution in [1.82, 2.24) is 25.0 Å². The average Bonchev–Trinajstić information content (AvgIpc) is 3.11. The Kier molecular flexibility index (Phi) is 4.91. The van der Waals surface area contributed by atoms with Crippen LogP contribution in [-0.4, -0.2) is 44.8 Å². The minimum Gasteiger partial charge on any atom is -0.312 e. The molecule has 0 aliphatic carbocycles. The number of nitrogens with one attached hydrogen (secondary N) is 1. The van der Waals surface area contributed by atoms with Gasteiger partial charge in [0.15, 0.2) is 0 Å². The van der Waals surface area contributed by atoms with E-state index in [0.717, 1.165) is 18.9 Å². The van der Waals surface area contributed by atoms with E-state index in [1.807, 2.05) is 0 Å². The predicted octanol–water partition coefficient (Wildman–Crippen LogP) is 2.04. The van der Waals surface area contributed by atoms with Crippen LogP contribution in [0.3, 0.4) is 0 Å². The van der Waals surface area contributed by atoms with Crippen molar-refractivity contribution in [3.63, 3.8) is 0 Å². The van der Waals surface area contributed by atoms with Gasteiger partial charge in [-0.1, -0.05) is 20.3 Å². The molecule has 0 radical (unpaired) electrons. The molecule has 3 heterocycles. The Balaban J connectivity index is 1.68. The van der Waals surface area contributed by atoms with Crippen molar-refractivity contribution >= 4 is 0 Å². The summed E-state index contributed by atoms with van der Waals surface area (Å²) >= 11 is 0. The van der Waals surface area contributed by atoms with E-state index in [2.05, 4.69) is 38.8 Å². The molecule has 2 fully saturated rings. The summed E-state index contributed by atoms with van der Waals surface area (Å²) in [6.07, 6.45) is 8.40. The molecule has 0 aromatic carbocycles. The van der Waals surface area contributed by atoms with E-state index in [0.29, 0.717) is 18.0 Å². The van der Waals surface area contributed by atoms with Gasteiger partial charge in [-0.2, -0.15) is 5.10 Å². The van der Waals surface area contributed by atoms with Crippen LogP contribution in [0.15, 0.2) is 6.33 Å². The third-order valence-corrected chi connectivity index (χ3v) is 4.81. The lowest BCUT2D eigenvalue weighted by atomic mass is 9.94. The maximum Gasteiger partial charge on any atom is 0.141 e. The number of piperidine rings is 1. The predicted molar refractivity (Wildman–Crippen MR) is 83.9 cm³/mol. The summed E-state index contributed by atoms with van der Waals surface area (Å²) in [5.41, 5.74) is 0. The minimum absolute atomic E-state index is 0.610. The van der Waals surface area contributed by atoms with Crippen molar-refractivity contribution in [3.8, 4) is 0 Å². The first-order valence-corrected chi connectivity index (χ1v) is 8.58. The van der Waals surface area contributed by atoms with Gasteiger partial charge in [-0.25, -0.2) is 9.67 Å². The van der Waals surface area contributed by atoms with E-state index in [1.165, 1.54) is 45.2 Å². The van der Waals surface area contributed by atoms with E-state index >= 15 is 0 Å². The second-order valence-electron chi connectivity index (χ2n) is 6.99. The van der Waals surface area contributed by atoms with Gasteiger partial charge < -0.3 is 5.32 Å². The van der Waals surface area contributed by atoms with Crippen LogP contribution in [0.5, 0.6) is 0 Å². The maximum atomic E-state index is 4.51. The topological polar surface area (TPSA) is 46.0 Å². The highest BCUT2D eigenvalue weighted by Crippen LogP contribution is 2.25. The molecule has 118 valence electrons. The fraction of sp³-hybridized carbons (Fsp3) is 0.875. The van der Waals surface area contributed by atoms with Crippen molar-refractivity contribution < 1.29 is 0 Å². The third-order valence-electron chi connectivity index (χ3n) is 4.81. The van der Waals surface area contributed by atoms with Gasteiger partial charge in [0.1, 0.15) is 12.2 Å². The van der Waals surface area contributed by atoms with Crippen LogP contribution in [0.1, 0.15) is 51.8 Å². The molecule has 0 saturated carbocycles. The van der Waals surface area contributed by atoms with Gasteiger partial charge in [0.2, 0.25) is 0 Å². The van der Waals surface area contributed by atoms with Crippen molar-refractivity contribution in [3.05, 3.63) is 12.2 Å². The molecule has 0 bridgehead atoms. The van der Waals surface area contributed by atoms with E-state index < -0.39 is 0 Å². The van der Waals surface area contributed by atoms with Gasteiger partial charge in [0.25, 0.3) is 0 Å². The standard InChI is InChI=1S/C16H29N5/c1-13(2)10-21-16(18-12-19-21)11-20-9-4-3-7-15(20)14-6-5-8-17-14/h12-15,17H,3-11H2,1-2H3. The Hall–Kier alpha value is -0.940. The SMILES string of the molecule is CC(C)Cn1ncnc1CN1CCCCC1C1CCCN1. The fourth-order valence-corrected chi connectivity index (χ4v) is 3.80. The number of hydrogen-bond acceptors (Lipinski definition) is 4. The minimum atomic E-state index is 0.610. The molecule has 2 saturated heterocycles. The van der Waals surface area contributed by atoms with Gasteiger partial charge in [0.05, 0.1) is 6.54 Å². The summed E-state index contributed by atoms with van der Waals surface area (Å²) in [6, 6.07) is 1.37. The Morgan fingerprint density at radius 3 is 2.95 bits per heavy atom. The molecular weight excluding hydrogens is 262 g/mol. The van der Waals surface area contributed by atoms with Crippen LogP contribution in [0.2, 0.25) is 0 Å². The number of nitrogens with zero attached hydrogens (tertiary/aromatic N) is 4. The summed E-state index contributed by atoms with van der Waals surface area (Å²) < 4.78 is 2.10. The number of aromatic nitrogens is 3. The first-order valence-electron chi connectivity index (χ1n) is 8.58. The van der Waals surface area contributed by atoms with E-state index in [4.69, 9.17) is 0 Å². The molecule has 2 atom stereocenters. The van der Waals surface area contributed by atoms with Crippen LogP contribution in [0.4, 0.5) is 0 Å². The third kappa shape index (κ3) is 3.64. The largest absolute Gasteiger partial charge is 0.312 e. The van der Waals surface area contributed by atoms with Gasteiger partial charge >= 0.3 is 0 Å². The van der Waals surface area contributed by atoms with E-state index in [1.54, 1.807) is 6.33 Å². The monoisotopic (exact) mass is 291 g/mol. The zero-order valence-corrected chi connectivity index (χ0v) is 13.5. The molecule has 2 aliphatic heterocycles. The molecule has 0 amide bonds. The molecule has 1 aromatic rings. The van der Waals surface area contributed by atoms with Crippen LogP contribution < -0.4 is 5.32 Å². The average molecular weight is 291 g/mol. The number of likely N-dealkylation sites (tertiary alicyclic amines) is 1. The van der Waals surface area contributed by atoms with Crippen LogP contribution in [-0.2, 0) is 13.1 Å². The maximum absolute atomic E-state index is 4.51. The number of hydrogen-bond donors (Lipinski definition) is 1. The second kappa shape index (κ2) is 6.88. The second-order valence-corrected chi connectivity index (χ2v) is 6.99. The van der Waals surface area contributed by atoms with Crippen molar-refractivity contribution in [1.29, 1.82) is 0 Å². The van der Waals surface area contributed by atoms with Gasteiger partial charge in [-0.05, 0) is 44.7 Å². The molecule has 1 N–H and O–H groups in total. The first-order chi connectivity index (χ1) is 10.2. The van der Waals surface area contributed by atoms with E-state index in [-0.39, 0.29) is 0 Å². The smallest absolute Gasteiger partial charge is 0.141 e. The molecular formula is C16H29N5. The fourth-order valence-electron chi connectivity index (χ4n) is 3.80. The molecule has 0 spiro atoms. The summed E-state index contributed by atoms with van der Waals surface area (Å²) in [4.78, 5) is 7.16. The molecule has 3 rings (SSSR count). The van der Waals surface area contributed by atoms with Crippen LogP contribution >= 0.6 is 0 Å². The summed E-state index contributed by atoms with van der Waals surface area (Å²) in [5.74, 6) is 1.74. The summed E-state index contributed by atoms with van der Waals surface area (Å²) in [6.45, 7) is 8.79. The summed E-state index contributed by atoms with van der Waals surface area (Å²) in [5, 5.41) is 8.11. The zero-order valence-electron chi connectivity index (χ0n) is 13.5. The van der Waals surface area contributed by atoms with Crippen molar-refractivity contribution in [2.75, 3.05) is 13.1 Å². The molecule has 21 heavy (non-hydrogen) atoms. The van der Waals surface area contributed by atoms with Crippen molar-refractivity contribution in [2.24, 2.45) is 5.92 Å². The highest BCUT2D eigenvalue weighted by molar-refractivity contribution is 4.94. The molecule has 5 nitrogen and oxygen atoms in total. The normalized spacial score (nSPS) is 27.6. The Morgan fingerprint density at radius 1 is 1.29 bits per heavy atom. The van der Waals surface area contributed by atoms with Crippen LogP contribution in [0, 0.1) is 5.92 Å². The lowest BCUT2D eigenvalue weighted by molar-refractivity contribution is 0.107. The molecule has 5 heteroatoms. The summed E-state index contributed by atoms with van der Waals surface area (Å²) in [7, 11) is 0. The zero-order chi connectivity index (χ0) is 14.7. The number of rotatable bonds is 5. The highest BCUT2D eigenvalue weighted by Gasteiger charge is 2.32. The van der Waals surface area contributed by atoms with Gasteiger partial charge in [0, 0.05) is 18.6 Å².